The molecule has 0 spiro atoms. The fourth-order valence-electron chi connectivity index (χ4n) is 3.73. The van der Waals surface area contributed by atoms with Crippen molar-refractivity contribution in [2.24, 2.45) is 0 Å². The first-order chi connectivity index (χ1) is 13.8. The number of hydrogen-bond donors (Lipinski definition) is 0. The van der Waals surface area contributed by atoms with Crippen LogP contribution in [0.1, 0.15) is 49.7 Å². The van der Waals surface area contributed by atoms with Gasteiger partial charge in [-0.1, -0.05) is 20.8 Å². The minimum absolute atomic E-state index is 0.0416. The SMILES string of the molecule is CC(C)(C)c1ccc(=O)n(CC2CCCN2C(=O)c2ccc3nccnc3c2)n1. The Labute approximate surface area is 169 Å². The molecule has 7 nitrogen and oxygen atoms in total. The van der Waals surface area contributed by atoms with Crippen LogP contribution in [-0.4, -0.2) is 43.1 Å². The first-order valence-corrected chi connectivity index (χ1v) is 9.93. The predicted molar refractivity (Wildman–Crippen MR) is 111 cm³/mol. The van der Waals surface area contributed by atoms with Crippen molar-refractivity contribution in [2.45, 2.75) is 51.6 Å². The van der Waals surface area contributed by atoms with Gasteiger partial charge in [0, 0.05) is 36.0 Å². The fraction of sp³-hybridized carbons (Fsp3) is 0.409. The topological polar surface area (TPSA) is 81.0 Å². The van der Waals surface area contributed by atoms with Gasteiger partial charge in [-0.25, -0.2) is 4.68 Å². The lowest BCUT2D eigenvalue weighted by Gasteiger charge is -2.26. The lowest BCUT2D eigenvalue weighted by Crippen LogP contribution is -2.41. The number of nitrogens with zero attached hydrogens (tertiary/aromatic N) is 5. The highest BCUT2D eigenvalue weighted by molar-refractivity contribution is 5.97. The van der Waals surface area contributed by atoms with E-state index in [1.807, 2.05) is 11.0 Å². The Balaban J connectivity index is 1.59. The van der Waals surface area contributed by atoms with Crippen molar-refractivity contribution in [2.75, 3.05) is 6.54 Å². The standard InChI is InChI=1S/C22H25N5O2/c1-22(2,3)19-8-9-20(28)27(25-19)14-16-5-4-12-26(16)21(29)15-6-7-17-18(13-15)24-11-10-23-17/h6-11,13,16H,4-5,12,14H2,1-3H3. The quantitative estimate of drug-likeness (QED) is 0.686. The molecule has 0 bridgehead atoms. The van der Waals surface area contributed by atoms with Crippen molar-refractivity contribution in [1.82, 2.24) is 24.6 Å². The summed E-state index contributed by atoms with van der Waals surface area (Å²) in [4.78, 5) is 35.9. The van der Waals surface area contributed by atoms with E-state index in [9.17, 15) is 9.59 Å². The van der Waals surface area contributed by atoms with Crippen LogP contribution in [0, 0.1) is 0 Å². The van der Waals surface area contributed by atoms with Gasteiger partial charge in [-0.2, -0.15) is 5.10 Å². The van der Waals surface area contributed by atoms with E-state index >= 15 is 0 Å². The highest BCUT2D eigenvalue weighted by atomic mass is 16.2. The van der Waals surface area contributed by atoms with Crippen molar-refractivity contribution in [3.8, 4) is 0 Å². The van der Waals surface area contributed by atoms with Crippen molar-refractivity contribution < 1.29 is 4.79 Å². The number of rotatable bonds is 3. The highest BCUT2D eigenvalue weighted by Gasteiger charge is 2.30. The summed E-state index contributed by atoms with van der Waals surface area (Å²) >= 11 is 0. The Bertz CT molecular complexity index is 1120. The smallest absolute Gasteiger partial charge is 0.266 e. The zero-order chi connectivity index (χ0) is 20.6. The average Bonchev–Trinajstić information content (AvgIpc) is 3.16. The molecule has 1 aromatic carbocycles. The van der Waals surface area contributed by atoms with Gasteiger partial charge in [-0.05, 0) is 37.1 Å². The van der Waals surface area contributed by atoms with E-state index in [-0.39, 0.29) is 22.9 Å². The summed E-state index contributed by atoms with van der Waals surface area (Å²) in [6, 6.07) is 8.69. The molecule has 0 N–H and O–H groups in total. The number of carbonyl (C=O) groups is 1. The lowest BCUT2D eigenvalue weighted by molar-refractivity contribution is 0.0720. The molecule has 150 valence electrons. The van der Waals surface area contributed by atoms with E-state index < -0.39 is 0 Å². The molecule has 4 rings (SSSR count). The molecule has 1 saturated heterocycles. The molecule has 2 aromatic heterocycles. The largest absolute Gasteiger partial charge is 0.334 e. The summed E-state index contributed by atoms with van der Waals surface area (Å²) in [5.41, 5.74) is 2.63. The van der Waals surface area contributed by atoms with Crippen LogP contribution < -0.4 is 5.56 Å². The molecule has 1 atom stereocenters. The predicted octanol–water partition coefficient (Wildman–Crippen LogP) is 2.79. The molecule has 29 heavy (non-hydrogen) atoms. The van der Waals surface area contributed by atoms with Gasteiger partial charge in [0.1, 0.15) is 0 Å². The van der Waals surface area contributed by atoms with E-state index in [4.69, 9.17) is 0 Å². The van der Waals surface area contributed by atoms with Gasteiger partial charge in [-0.15, -0.1) is 0 Å². The molecule has 0 aliphatic carbocycles. The molecule has 7 heteroatoms. The fourth-order valence-corrected chi connectivity index (χ4v) is 3.73. The van der Waals surface area contributed by atoms with E-state index in [1.165, 1.54) is 4.68 Å². The molecule has 3 aromatic rings. The summed E-state index contributed by atoms with van der Waals surface area (Å²) in [6.07, 6.45) is 5.02. The zero-order valence-electron chi connectivity index (χ0n) is 17.0. The Morgan fingerprint density at radius 3 is 2.62 bits per heavy atom. The Kier molecular flexibility index (Phi) is 4.90. The maximum absolute atomic E-state index is 13.2. The summed E-state index contributed by atoms with van der Waals surface area (Å²) in [5.74, 6) is -0.0416. The van der Waals surface area contributed by atoms with Gasteiger partial charge in [0.2, 0.25) is 0 Å². The van der Waals surface area contributed by atoms with E-state index in [0.717, 1.165) is 24.1 Å². The summed E-state index contributed by atoms with van der Waals surface area (Å²) in [7, 11) is 0. The molecule has 1 fully saturated rings. The average molecular weight is 391 g/mol. The van der Waals surface area contributed by atoms with Crippen LogP contribution in [-0.2, 0) is 12.0 Å². The molecule has 3 heterocycles. The maximum Gasteiger partial charge on any atom is 0.266 e. The number of fused-ring (bicyclic) bond motifs is 1. The van der Waals surface area contributed by atoms with Crippen LogP contribution in [0.2, 0.25) is 0 Å². The second-order valence-electron chi connectivity index (χ2n) is 8.54. The van der Waals surface area contributed by atoms with Crippen molar-refractivity contribution >= 4 is 16.9 Å². The van der Waals surface area contributed by atoms with Crippen LogP contribution in [0.3, 0.4) is 0 Å². The van der Waals surface area contributed by atoms with Crippen molar-refractivity contribution in [3.63, 3.8) is 0 Å². The van der Waals surface area contributed by atoms with Gasteiger partial charge in [0.25, 0.3) is 11.5 Å². The minimum Gasteiger partial charge on any atom is -0.334 e. The van der Waals surface area contributed by atoms with Crippen molar-refractivity contribution in [1.29, 1.82) is 0 Å². The number of amides is 1. The van der Waals surface area contributed by atoms with Crippen LogP contribution in [0.15, 0.2) is 47.5 Å². The number of likely N-dealkylation sites (tertiary alicyclic amines) is 1. The number of benzene rings is 1. The summed E-state index contributed by atoms with van der Waals surface area (Å²) < 4.78 is 1.50. The number of carbonyl (C=O) groups excluding carboxylic acids is 1. The van der Waals surface area contributed by atoms with Crippen LogP contribution in [0.25, 0.3) is 11.0 Å². The van der Waals surface area contributed by atoms with Crippen LogP contribution in [0.5, 0.6) is 0 Å². The second-order valence-corrected chi connectivity index (χ2v) is 8.54. The van der Waals surface area contributed by atoms with Crippen molar-refractivity contribution in [3.05, 3.63) is 64.3 Å². The van der Waals surface area contributed by atoms with Gasteiger partial charge in [0.05, 0.1) is 29.3 Å². The van der Waals surface area contributed by atoms with E-state index in [2.05, 4.69) is 35.8 Å². The molecule has 0 saturated carbocycles. The van der Waals surface area contributed by atoms with Gasteiger partial charge in [0.15, 0.2) is 0 Å². The zero-order valence-corrected chi connectivity index (χ0v) is 17.0. The van der Waals surface area contributed by atoms with Gasteiger partial charge in [-0.3, -0.25) is 19.6 Å². The van der Waals surface area contributed by atoms with Crippen LogP contribution >= 0.6 is 0 Å². The molecule has 1 unspecified atom stereocenters. The van der Waals surface area contributed by atoms with Gasteiger partial charge >= 0.3 is 0 Å². The molecular weight excluding hydrogens is 366 g/mol. The first-order valence-electron chi connectivity index (χ1n) is 9.93. The maximum atomic E-state index is 13.2. The van der Waals surface area contributed by atoms with E-state index in [0.29, 0.717) is 24.2 Å². The molecule has 1 aliphatic heterocycles. The minimum atomic E-state index is -0.146. The number of hydrogen-bond acceptors (Lipinski definition) is 5. The molecule has 1 aliphatic rings. The molecule has 0 radical (unpaired) electrons. The van der Waals surface area contributed by atoms with E-state index in [1.54, 1.807) is 36.7 Å². The third-order valence-corrected chi connectivity index (χ3v) is 5.37. The summed E-state index contributed by atoms with van der Waals surface area (Å²) in [6.45, 7) is 7.28. The molecular formula is C22H25N5O2. The third kappa shape index (κ3) is 3.90. The Morgan fingerprint density at radius 1 is 1.10 bits per heavy atom. The lowest BCUT2D eigenvalue weighted by atomic mass is 9.92. The monoisotopic (exact) mass is 391 g/mol. The third-order valence-electron chi connectivity index (χ3n) is 5.37. The number of aromatic nitrogens is 4. The first kappa shape index (κ1) is 19.2. The second kappa shape index (κ2) is 7.39. The van der Waals surface area contributed by atoms with Gasteiger partial charge < -0.3 is 4.90 Å². The highest BCUT2D eigenvalue weighted by Crippen LogP contribution is 2.23. The van der Waals surface area contributed by atoms with Crippen LogP contribution in [0.4, 0.5) is 0 Å². The Hall–Kier alpha value is -3.09. The normalized spacial score (nSPS) is 17.1. The molecule has 1 amide bonds. The Morgan fingerprint density at radius 2 is 1.86 bits per heavy atom. The summed E-state index contributed by atoms with van der Waals surface area (Å²) in [5, 5.41) is 4.56.